The van der Waals surface area contributed by atoms with E-state index >= 15 is 0 Å². The van der Waals surface area contributed by atoms with E-state index in [1.54, 1.807) is 0 Å². The highest BCUT2D eigenvalue weighted by atomic mass is 16.5. The third-order valence-electron chi connectivity index (χ3n) is 3.03. The number of ether oxygens (including phenoxy) is 2. The molecule has 0 aliphatic carbocycles. The fourth-order valence-corrected chi connectivity index (χ4v) is 2.05. The van der Waals surface area contributed by atoms with Gasteiger partial charge in [-0.3, -0.25) is 4.90 Å². The summed E-state index contributed by atoms with van der Waals surface area (Å²) in [5.41, 5.74) is 0. The van der Waals surface area contributed by atoms with Crippen molar-refractivity contribution in [2.24, 2.45) is 0 Å². The Labute approximate surface area is 123 Å². The standard InChI is InChI=1S/C16H28N2O2/c1-4-11-18(12-10-17-3)13-14-20-16-9-7-6-8-15(16)19-5-2/h6-9,17H,4-5,10-14H2,1-3H3. The van der Waals surface area contributed by atoms with E-state index in [0.717, 1.165) is 37.7 Å². The molecule has 0 radical (unpaired) electrons. The second kappa shape index (κ2) is 10.5. The first-order valence-corrected chi connectivity index (χ1v) is 7.53. The number of benzene rings is 1. The Morgan fingerprint density at radius 1 is 1.00 bits per heavy atom. The van der Waals surface area contributed by atoms with Crippen molar-refractivity contribution in [1.82, 2.24) is 10.2 Å². The van der Waals surface area contributed by atoms with Crippen molar-refractivity contribution in [3.63, 3.8) is 0 Å². The summed E-state index contributed by atoms with van der Waals surface area (Å²) in [6.45, 7) is 9.65. The summed E-state index contributed by atoms with van der Waals surface area (Å²) in [6.07, 6.45) is 1.17. The highest BCUT2D eigenvalue weighted by Gasteiger charge is 2.06. The molecule has 20 heavy (non-hydrogen) atoms. The Morgan fingerprint density at radius 3 is 2.30 bits per heavy atom. The van der Waals surface area contributed by atoms with E-state index in [-0.39, 0.29) is 0 Å². The van der Waals surface area contributed by atoms with Crippen LogP contribution in [0.4, 0.5) is 0 Å². The molecule has 4 heteroatoms. The van der Waals surface area contributed by atoms with E-state index < -0.39 is 0 Å². The molecule has 0 bridgehead atoms. The molecule has 0 fully saturated rings. The highest BCUT2D eigenvalue weighted by molar-refractivity contribution is 5.39. The van der Waals surface area contributed by atoms with Gasteiger partial charge >= 0.3 is 0 Å². The molecule has 0 atom stereocenters. The number of para-hydroxylation sites is 2. The van der Waals surface area contributed by atoms with Crippen LogP contribution < -0.4 is 14.8 Å². The van der Waals surface area contributed by atoms with Crippen LogP contribution >= 0.6 is 0 Å². The van der Waals surface area contributed by atoms with Crippen molar-refractivity contribution >= 4 is 0 Å². The van der Waals surface area contributed by atoms with E-state index in [1.807, 2.05) is 38.2 Å². The van der Waals surface area contributed by atoms with Gasteiger partial charge in [-0.1, -0.05) is 19.1 Å². The number of hydrogen-bond donors (Lipinski definition) is 1. The molecular weight excluding hydrogens is 252 g/mol. The van der Waals surface area contributed by atoms with Crippen molar-refractivity contribution in [2.75, 3.05) is 46.4 Å². The van der Waals surface area contributed by atoms with E-state index in [0.29, 0.717) is 13.2 Å². The lowest BCUT2D eigenvalue weighted by Gasteiger charge is -2.21. The fraction of sp³-hybridized carbons (Fsp3) is 0.625. The fourth-order valence-electron chi connectivity index (χ4n) is 2.05. The number of rotatable bonds is 11. The summed E-state index contributed by atoms with van der Waals surface area (Å²) >= 11 is 0. The zero-order valence-corrected chi connectivity index (χ0v) is 13.0. The first-order chi connectivity index (χ1) is 9.81. The molecular formula is C16H28N2O2. The van der Waals surface area contributed by atoms with Crippen molar-refractivity contribution in [2.45, 2.75) is 20.3 Å². The Balaban J connectivity index is 2.41. The summed E-state index contributed by atoms with van der Waals surface area (Å²) in [7, 11) is 1.99. The molecule has 0 unspecified atom stereocenters. The van der Waals surface area contributed by atoms with E-state index in [1.165, 1.54) is 6.42 Å². The van der Waals surface area contributed by atoms with Crippen molar-refractivity contribution < 1.29 is 9.47 Å². The minimum atomic E-state index is 0.657. The molecule has 1 rings (SSSR count). The van der Waals surface area contributed by atoms with Gasteiger partial charge in [0, 0.05) is 19.6 Å². The smallest absolute Gasteiger partial charge is 0.161 e. The summed E-state index contributed by atoms with van der Waals surface area (Å²) in [4.78, 5) is 2.42. The molecule has 0 amide bonds. The van der Waals surface area contributed by atoms with Crippen LogP contribution in [-0.2, 0) is 0 Å². The first kappa shape index (κ1) is 16.8. The van der Waals surface area contributed by atoms with E-state index in [2.05, 4.69) is 17.1 Å². The first-order valence-electron chi connectivity index (χ1n) is 7.53. The lowest BCUT2D eigenvalue weighted by molar-refractivity contribution is 0.203. The second-order valence-electron chi connectivity index (χ2n) is 4.67. The molecule has 0 saturated carbocycles. The maximum atomic E-state index is 5.86. The molecule has 0 spiro atoms. The molecule has 1 aromatic carbocycles. The molecule has 1 N–H and O–H groups in total. The molecule has 0 aliphatic rings. The minimum absolute atomic E-state index is 0.657. The van der Waals surface area contributed by atoms with Crippen LogP contribution in [0, 0.1) is 0 Å². The molecule has 0 heterocycles. The molecule has 0 aliphatic heterocycles. The van der Waals surface area contributed by atoms with Crippen molar-refractivity contribution in [3.8, 4) is 11.5 Å². The normalized spacial score (nSPS) is 10.8. The summed E-state index contributed by atoms with van der Waals surface area (Å²) in [5.74, 6) is 1.66. The van der Waals surface area contributed by atoms with Gasteiger partial charge < -0.3 is 14.8 Å². The second-order valence-corrected chi connectivity index (χ2v) is 4.67. The average Bonchev–Trinajstić information content (AvgIpc) is 2.47. The number of likely N-dealkylation sites (N-methyl/N-ethyl adjacent to an activating group) is 1. The number of nitrogens with zero attached hydrogens (tertiary/aromatic N) is 1. The largest absolute Gasteiger partial charge is 0.490 e. The van der Waals surface area contributed by atoms with Gasteiger partial charge in [-0.15, -0.1) is 0 Å². The Hall–Kier alpha value is -1.26. The van der Waals surface area contributed by atoms with Crippen molar-refractivity contribution in [3.05, 3.63) is 24.3 Å². The van der Waals surface area contributed by atoms with Crippen molar-refractivity contribution in [1.29, 1.82) is 0 Å². The summed E-state index contributed by atoms with van der Waals surface area (Å²) in [5, 5.41) is 3.19. The quantitative estimate of drug-likeness (QED) is 0.675. The Bertz CT molecular complexity index is 358. The third-order valence-corrected chi connectivity index (χ3v) is 3.03. The summed E-state index contributed by atoms with van der Waals surface area (Å²) < 4.78 is 11.4. The lowest BCUT2D eigenvalue weighted by atomic mass is 10.3. The van der Waals surface area contributed by atoms with Gasteiger partial charge in [0.1, 0.15) is 6.61 Å². The zero-order valence-electron chi connectivity index (χ0n) is 13.0. The number of hydrogen-bond acceptors (Lipinski definition) is 4. The van der Waals surface area contributed by atoms with Crippen LogP contribution in [0.25, 0.3) is 0 Å². The predicted octanol–water partition coefficient (Wildman–Crippen LogP) is 2.40. The third kappa shape index (κ3) is 6.26. The van der Waals surface area contributed by atoms with Gasteiger partial charge in [-0.2, -0.15) is 0 Å². The van der Waals surface area contributed by atoms with Crippen LogP contribution in [-0.4, -0.2) is 51.3 Å². The number of nitrogens with one attached hydrogen (secondary N) is 1. The van der Waals surface area contributed by atoms with E-state index in [4.69, 9.17) is 9.47 Å². The van der Waals surface area contributed by atoms with Gasteiger partial charge in [0.25, 0.3) is 0 Å². The van der Waals surface area contributed by atoms with Gasteiger partial charge in [0.15, 0.2) is 11.5 Å². The maximum Gasteiger partial charge on any atom is 0.161 e. The van der Waals surface area contributed by atoms with Crippen LogP contribution in [0.5, 0.6) is 11.5 Å². The SMILES string of the molecule is CCCN(CCNC)CCOc1ccccc1OCC. The molecule has 114 valence electrons. The Morgan fingerprint density at radius 2 is 1.70 bits per heavy atom. The summed E-state index contributed by atoms with van der Waals surface area (Å²) in [6, 6.07) is 7.85. The lowest BCUT2D eigenvalue weighted by Crippen LogP contribution is -2.34. The van der Waals surface area contributed by atoms with Crippen LogP contribution in [0.3, 0.4) is 0 Å². The molecule has 1 aromatic rings. The molecule has 0 saturated heterocycles. The van der Waals surface area contributed by atoms with Gasteiger partial charge in [-0.25, -0.2) is 0 Å². The van der Waals surface area contributed by atoms with Crippen LogP contribution in [0.2, 0.25) is 0 Å². The zero-order chi connectivity index (χ0) is 14.6. The average molecular weight is 280 g/mol. The topological polar surface area (TPSA) is 33.7 Å². The molecule has 4 nitrogen and oxygen atoms in total. The van der Waals surface area contributed by atoms with Crippen LogP contribution in [0.15, 0.2) is 24.3 Å². The van der Waals surface area contributed by atoms with Gasteiger partial charge in [0.2, 0.25) is 0 Å². The Kier molecular flexibility index (Phi) is 8.83. The van der Waals surface area contributed by atoms with E-state index in [9.17, 15) is 0 Å². The van der Waals surface area contributed by atoms with Crippen LogP contribution in [0.1, 0.15) is 20.3 Å². The maximum absolute atomic E-state index is 5.86. The highest BCUT2D eigenvalue weighted by Crippen LogP contribution is 2.26. The predicted molar refractivity (Wildman–Crippen MR) is 83.8 cm³/mol. The van der Waals surface area contributed by atoms with Gasteiger partial charge in [-0.05, 0) is 39.1 Å². The molecule has 0 aromatic heterocycles. The minimum Gasteiger partial charge on any atom is -0.490 e. The van der Waals surface area contributed by atoms with Gasteiger partial charge in [0.05, 0.1) is 6.61 Å². The monoisotopic (exact) mass is 280 g/mol.